The maximum Gasteiger partial charge on any atom is 0.134 e. The van der Waals surface area contributed by atoms with Crippen molar-refractivity contribution in [3.05, 3.63) is 0 Å². The van der Waals surface area contributed by atoms with Gasteiger partial charge in [0.1, 0.15) is 11.7 Å². The van der Waals surface area contributed by atoms with Crippen molar-refractivity contribution in [2.45, 2.75) is 30.8 Å². The Morgan fingerprint density at radius 1 is 1.69 bits per heavy atom. The monoisotopic (exact) mass is 189 g/mol. The molecule has 0 aromatic heterocycles. The normalized spacial score (nSPS) is 50.3. The zero-order valence-corrected chi connectivity index (χ0v) is 7.80. The lowest BCUT2D eigenvalue weighted by Gasteiger charge is -2.32. The summed E-state index contributed by atoms with van der Waals surface area (Å²) in [6.45, 7) is 2.13. The van der Waals surface area contributed by atoms with Gasteiger partial charge in [-0.2, -0.15) is 5.06 Å². The van der Waals surface area contributed by atoms with Crippen molar-refractivity contribution in [3.8, 4) is 0 Å². The molecular weight excluding hydrogens is 174 g/mol. The highest BCUT2D eigenvalue weighted by atomic mass is 16.7. The molecule has 0 radical (unpaired) electrons. The summed E-state index contributed by atoms with van der Waals surface area (Å²) in [5, 5.41) is 20.7. The van der Waals surface area contributed by atoms with E-state index in [0.717, 1.165) is 0 Å². The van der Waals surface area contributed by atoms with E-state index in [1.54, 1.807) is 12.2 Å². The Balaban J connectivity index is 2.24. The maximum absolute atomic E-state index is 9.84. The molecule has 2 bridgehead atoms. The van der Waals surface area contributed by atoms with Crippen LogP contribution in [0.3, 0.4) is 0 Å². The molecule has 0 spiro atoms. The van der Waals surface area contributed by atoms with E-state index in [2.05, 4.69) is 0 Å². The lowest BCUT2D eigenvalue weighted by molar-refractivity contribution is -0.219. The zero-order valence-electron chi connectivity index (χ0n) is 7.80. The van der Waals surface area contributed by atoms with E-state index < -0.39 is 11.7 Å². The molecule has 2 N–H and O–H groups in total. The van der Waals surface area contributed by atoms with Gasteiger partial charge < -0.3 is 19.8 Å². The number of aliphatic hydroxyl groups excluding tert-OH is 2. The number of aliphatic hydroxyl groups is 2. The summed E-state index contributed by atoms with van der Waals surface area (Å²) >= 11 is 0. The van der Waals surface area contributed by atoms with Gasteiger partial charge in [-0.05, 0) is 6.92 Å². The van der Waals surface area contributed by atoms with Gasteiger partial charge in [0.05, 0.1) is 32.4 Å². The molecule has 2 rings (SSSR count). The second-order valence-electron chi connectivity index (χ2n) is 3.74. The Bertz CT molecular complexity index is 212. The molecule has 5 nitrogen and oxygen atoms in total. The Hall–Kier alpha value is -0.200. The first kappa shape index (κ1) is 9.36. The standard InChI is InChI=1S/C8H15NO4/c1-5-6-7(11)8(4-10,13-5)3-9(6)12-2/h5-7,10-11H,3-4H2,1-2H3/t5-,6+,7?,8+/m0/s1. The third-order valence-corrected chi connectivity index (χ3v) is 3.02. The first-order valence-electron chi connectivity index (χ1n) is 4.42. The van der Waals surface area contributed by atoms with Gasteiger partial charge in [-0.1, -0.05) is 0 Å². The lowest BCUT2D eigenvalue weighted by Crippen LogP contribution is -2.48. The van der Waals surface area contributed by atoms with Gasteiger partial charge in [-0.25, -0.2) is 0 Å². The zero-order chi connectivity index (χ0) is 9.64. The summed E-state index contributed by atoms with van der Waals surface area (Å²) in [4.78, 5) is 5.09. The maximum atomic E-state index is 9.84. The highest BCUT2D eigenvalue weighted by molar-refractivity contribution is 5.11. The Morgan fingerprint density at radius 3 is 2.77 bits per heavy atom. The molecule has 1 unspecified atom stereocenters. The minimum absolute atomic E-state index is 0.101. The molecule has 0 aromatic rings. The fourth-order valence-electron chi connectivity index (χ4n) is 2.34. The molecule has 2 saturated heterocycles. The summed E-state index contributed by atoms with van der Waals surface area (Å²) in [7, 11) is 1.56. The second-order valence-corrected chi connectivity index (χ2v) is 3.74. The molecule has 76 valence electrons. The fourth-order valence-corrected chi connectivity index (χ4v) is 2.34. The van der Waals surface area contributed by atoms with E-state index in [0.29, 0.717) is 6.54 Å². The first-order chi connectivity index (χ1) is 6.14. The first-order valence-corrected chi connectivity index (χ1v) is 4.42. The summed E-state index contributed by atoms with van der Waals surface area (Å²) in [5.74, 6) is 0. The number of hydrogen-bond acceptors (Lipinski definition) is 5. The lowest BCUT2D eigenvalue weighted by atomic mass is 10.0. The van der Waals surface area contributed by atoms with Crippen LogP contribution in [0.25, 0.3) is 0 Å². The van der Waals surface area contributed by atoms with Crippen LogP contribution in [-0.4, -0.2) is 59.4 Å². The van der Waals surface area contributed by atoms with Crippen LogP contribution in [-0.2, 0) is 9.57 Å². The van der Waals surface area contributed by atoms with Crippen molar-refractivity contribution in [1.29, 1.82) is 0 Å². The molecule has 0 aromatic carbocycles. The van der Waals surface area contributed by atoms with Crippen LogP contribution in [0.2, 0.25) is 0 Å². The van der Waals surface area contributed by atoms with E-state index in [-0.39, 0.29) is 18.8 Å². The van der Waals surface area contributed by atoms with E-state index in [1.807, 2.05) is 6.92 Å². The van der Waals surface area contributed by atoms with Crippen molar-refractivity contribution in [1.82, 2.24) is 5.06 Å². The van der Waals surface area contributed by atoms with Crippen LogP contribution in [0.4, 0.5) is 0 Å². The van der Waals surface area contributed by atoms with Gasteiger partial charge >= 0.3 is 0 Å². The SMILES string of the molecule is CON1C[C@]2(CO)O[C@@H](C)[C@@H]1C2O. The molecule has 2 heterocycles. The van der Waals surface area contributed by atoms with Gasteiger partial charge in [0.2, 0.25) is 0 Å². The summed E-state index contributed by atoms with van der Waals surface area (Å²) in [6, 6.07) is -0.155. The van der Waals surface area contributed by atoms with Gasteiger partial charge in [-0.15, -0.1) is 0 Å². The minimum atomic E-state index is -0.833. The molecule has 0 amide bonds. The average molecular weight is 189 g/mol. The van der Waals surface area contributed by atoms with Gasteiger partial charge in [0.25, 0.3) is 0 Å². The van der Waals surface area contributed by atoms with E-state index in [1.165, 1.54) is 0 Å². The van der Waals surface area contributed by atoms with Crippen LogP contribution in [0.1, 0.15) is 6.92 Å². The van der Waals surface area contributed by atoms with Gasteiger partial charge in [0, 0.05) is 0 Å². The summed E-state index contributed by atoms with van der Waals surface area (Å²) < 4.78 is 5.52. The second kappa shape index (κ2) is 2.90. The van der Waals surface area contributed by atoms with Crippen molar-refractivity contribution < 1.29 is 19.8 Å². The topological polar surface area (TPSA) is 62.2 Å². The van der Waals surface area contributed by atoms with E-state index >= 15 is 0 Å². The highest BCUT2D eigenvalue weighted by Gasteiger charge is 2.62. The van der Waals surface area contributed by atoms with Gasteiger partial charge in [0.15, 0.2) is 0 Å². The molecule has 0 saturated carbocycles. The minimum Gasteiger partial charge on any atom is -0.393 e. The fraction of sp³-hybridized carbons (Fsp3) is 1.00. The molecule has 2 aliphatic rings. The highest BCUT2D eigenvalue weighted by Crippen LogP contribution is 2.41. The third kappa shape index (κ3) is 1.05. The Kier molecular flexibility index (Phi) is 2.08. The molecular formula is C8H15NO4. The Morgan fingerprint density at radius 2 is 2.38 bits per heavy atom. The van der Waals surface area contributed by atoms with Crippen molar-refractivity contribution >= 4 is 0 Å². The molecule has 2 fully saturated rings. The van der Waals surface area contributed by atoms with Crippen LogP contribution in [0, 0.1) is 0 Å². The van der Waals surface area contributed by atoms with Crippen molar-refractivity contribution in [3.63, 3.8) is 0 Å². The smallest absolute Gasteiger partial charge is 0.134 e. The van der Waals surface area contributed by atoms with Gasteiger partial charge in [-0.3, -0.25) is 0 Å². The van der Waals surface area contributed by atoms with Crippen molar-refractivity contribution in [2.75, 3.05) is 20.3 Å². The van der Waals surface area contributed by atoms with Crippen molar-refractivity contribution in [2.24, 2.45) is 0 Å². The molecule has 5 heteroatoms. The number of nitrogens with zero attached hydrogens (tertiary/aromatic N) is 1. The quantitative estimate of drug-likeness (QED) is 0.568. The number of fused-ring (bicyclic) bond motifs is 2. The number of rotatable bonds is 2. The van der Waals surface area contributed by atoms with Crippen LogP contribution in [0.5, 0.6) is 0 Å². The van der Waals surface area contributed by atoms with Crippen LogP contribution < -0.4 is 0 Å². The molecule has 13 heavy (non-hydrogen) atoms. The molecule has 4 atom stereocenters. The predicted octanol–water partition coefficient (Wildman–Crippen LogP) is -1.26. The largest absolute Gasteiger partial charge is 0.393 e. The number of hydroxylamine groups is 2. The summed E-state index contributed by atoms with van der Waals surface area (Å²) in [5.41, 5.74) is -0.833. The third-order valence-electron chi connectivity index (χ3n) is 3.02. The number of hydrogen-bond donors (Lipinski definition) is 2. The Labute approximate surface area is 76.8 Å². The van der Waals surface area contributed by atoms with E-state index in [4.69, 9.17) is 9.57 Å². The predicted molar refractivity (Wildman–Crippen MR) is 43.9 cm³/mol. The van der Waals surface area contributed by atoms with Crippen LogP contribution in [0.15, 0.2) is 0 Å². The number of ether oxygens (including phenoxy) is 1. The molecule has 0 aliphatic carbocycles. The summed E-state index contributed by atoms with van der Waals surface area (Å²) in [6.07, 6.45) is -0.761. The van der Waals surface area contributed by atoms with E-state index in [9.17, 15) is 10.2 Å². The number of morpholine rings is 1. The van der Waals surface area contributed by atoms with Crippen LogP contribution >= 0.6 is 0 Å². The molecule has 2 aliphatic heterocycles. The average Bonchev–Trinajstić information content (AvgIpc) is 2.53.